The minimum absolute atomic E-state index is 0.107. The van der Waals surface area contributed by atoms with Crippen LogP contribution in [0.4, 0.5) is 0 Å². The fraction of sp³-hybridized carbons (Fsp3) is 0.407. The normalized spacial score (nSPS) is 15.7. The lowest BCUT2D eigenvalue weighted by Crippen LogP contribution is -2.30. The summed E-state index contributed by atoms with van der Waals surface area (Å²) in [7, 11) is 0. The van der Waals surface area contributed by atoms with Crippen LogP contribution in [0.1, 0.15) is 72.1 Å². The van der Waals surface area contributed by atoms with Gasteiger partial charge in [-0.2, -0.15) is 0 Å². The maximum atomic E-state index is 6.59. The first-order valence-corrected chi connectivity index (χ1v) is 10.3. The molecule has 4 rings (SSSR count). The van der Waals surface area contributed by atoms with Gasteiger partial charge in [-0.15, -0.1) is 0 Å². The van der Waals surface area contributed by atoms with E-state index in [2.05, 4.69) is 104 Å². The molecule has 0 aromatic heterocycles. The zero-order valence-electron chi connectivity index (χ0n) is 18.5. The average Bonchev–Trinajstić information content (AvgIpc) is 2.58. The van der Waals surface area contributed by atoms with Gasteiger partial charge in [0.25, 0.3) is 0 Å². The summed E-state index contributed by atoms with van der Waals surface area (Å²) in [6, 6.07) is 18.2. The minimum Gasteiger partial charge on any atom is -0.482 e. The Morgan fingerprint density at radius 3 is 1.89 bits per heavy atom. The fourth-order valence-corrected chi connectivity index (χ4v) is 4.29. The van der Waals surface area contributed by atoms with Crippen molar-refractivity contribution in [3.8, 4) is 16.9 Å². The number of ether oxygens (including phenoxy) is 1. The molecular formula is C27H32O. The molecule has 0 amide bonds. The smallest absolute Gasteiger partial charge is 0.130 e. The summed E-state index contributed by atoms with van der Waals surface area (Å²) in [6.07, 6.45) is 0. The van der Waals surface area contributed by atoms with E-state index in [1.807, 2.05) is 0 Å². The van der Waals surface area contributed by atoms with E-state index in [1.165, 1.54) is 38.6 Å². The second-order valence-corrected chi connectivity index (χ2v) is 10.7. The van der Waals surface area contributed by atoms with Crippen molar-refractivity contribution in [1.29, 1.82) is 0 Å². The average molecular weight is 373 g/mol. The summed E-state index contributed by atoms with van der Waals surface area (Å²) in [5.74, 6) is 0.996. The molecule has 28 heavy (non-hydrogen) atoms. The van der Waals surface area contributed by atoms with Gasteiger partial charge in [0.15, 0.2) is 0 Å². The van der Waals surface area contributed by atoms with Gasteiger partial charge < -0.3 is 4.74 Å². The van der Waals surface area contributed by atoms with Crippen LogP contribution in [0.3, 0.4) is 0 Å². The zero-order valence-corrected chi connectivity index (χ0v) is 18.5. The molecule has 3 aromatic carbocycles. The molecule has 0 atom stereocenters. The lowest BCUT2D eigenvalue weighted by atomic mass is 9.79. The van der Waals surface area contributed by atoms with Gasteiger partial charge >= 0.3 is 0 Å². The fourth-order valence-electron chi connectivity index (χ4n) is 4.29. The molecule has 0 spiro atoms. The van der Waals surface area contributed by atoms with Crippen LogP contribution < -0.4 is 4.74 Å². The highest BCUT2D eigenvalue weighted by molar-refractivity contribution is 5.95. The number of hydrogen-bond acceptors (Lipinski definition) is 1. The minimum atomic E-state index is -0.373. The lowest BCUT2D eigenvalue weighted by molar-refractivity contribution is 0.107. The molecule has 1 heteroatoms. The van der Waals surface area contributed by atoms with E-state index in [9.17, 15) is 0 Å². The Bertz CT molecular complexity index is 1070. The summed E-state index contributed by atoms with van der Waals surface area (Å²) < 4.78 is 6.59. The van der Waals surface area contributed by atoms with Gasteiger partial charge in [-0.1, -0.05) is 84.0 Å². The molecule has 1 nitrogen and oxygen atoms in total. The van der Waals surface area contributed by atoms with Crippen LogP contribution in [0.5, 0.6) is 5.75 Å². The van der Waals surface area contributed by atoms with E-state index in [0.29, 0.717) is 0 Å². The van der Waals surface area contributed by atoms with Crippen molar-refractivity contribution in [1.82, 2.24) is 0 Å². The topological polar surface area (TPSA) is 9.23 Å². The quantitative estimate of drug-likeness (QED) is 0.392. The van der Waals surface area contributed by atoms with Crippen LogP contribution in [-0.2, 0) is 16.4 Å². The third kappa shape index (κ3) is 3.02. The summed E-state index contributed by atoms with van der Waals surface area (Å²) >= 11 is 0. The Labute approximate surface area is 169 Å². The molecule has 0 radical (unpaired) electrons. The summed E-state index contributed by atoms with van der Waals surface area (Å²) in [6.45, 7) is 17.9. The first kappa shape index (κ1) is 19.1. The molecule has 146 valence electrons. The summed E-state index contributed by atoms with van der Waals surface area (Å²) in [5.41, 5.74) is 6.34. The second kappa shape index (κ2) is 5.86. The second-order valence-electron chi connectivity index (χ2n) is 10.7. The molecule has 1 aliphatic rings. The SMILES string of the molecule is CC(C)(C)c1ccc2c(c1)OC(C)(C)c1c-2ccc2cc(C(C)(C)C)ccc12. The van der Waals surface area contributed by atoms with Gasteiger partial charge in [-0.05, 0) is 58.2 Å². The molecule has 0 saturated carbocycles. The van der Waals surface area contributed by atoms with Crippen molar-refractivity contribution in [2.45, 2.75) is 71.8 Å². The predicted molar refractivity (Wildman–Crippen MR) is 120 cm³/mol. The van der Waals surface area contributed by atoms with Crippen LogP contribution in [0.15, 0.2) is 48.5 Å². The van der Waals surface area contributed by atoms with E-state index in [1.54, 1.807) is 0 Å². The van der Waals surface area contributed by atoms with Gasteiger partial charge in [0, 0.05) is 11.1 Å². The number of hydrogen-bond donors (Lipinski definition) is 0. The van der Waals surface area contributed by atoms with E-state index < -0.39 is 0 Å². The molecule has 0 bridgehead atoms. The van der Waals surface area contributed by atoms with Crippen molar-refractivity contribution in [3.63, 3.8) is 0 Å². The third-order valence-electron chi connectivity index (χ3n) is 5.99. The molecular weight excluding hydrogens is 340 g/mol. The van der Waals surface area contributed by atoms with E-state index in [0.717, 1.165) is 5.75 Å². The Balaban J connectivity index is 1.97. The highest BCUT2D eigenvalue weighted by Gasteiger charge is 2.35. The standard InChI is InChI=1S/C27H32O/c1-25(2,3)18-10-13-20-17(15-18)9-12-22-21-14-11-19(26(4,5)6)16-23(21)28-27(7,8)24(20)22/h9-16H,1-8H3. The summed E-state index contributed by atoms with van der Waals surface area (Å²) in [4.78, 5) is 0. The Kier molecular flexibility index (Phi) is 3.99. The Hall–Kier alpha value is -2.28. The van der Waals surface area contributed by atoms with Crippen molar-refractivity contribution in [3.05, 3.63) is 65.2 Å². The largest absolute Gasteiger partial charge is 0.482 e. The van der Waals surface area contributed by atoms with Crippen molar-refractivity contribution in [2.24, 2.45) is 0 Å². The van der Waals surface area contributed by atoms with Gasteiger partial charge in [-0.3, -0.25) is 0 Å². The van der Waals surface area contributed by atoms with Gasteiger partial charge in [0.05, 0.1) is 0 Å². The first-order chi connectivity index (χ1) is 12.9. The van der Waals surface area contributed by atoms with Crippen molar-refractivity contribution >= 4 is 10.8 Å². The molecule has 1 heterocycles. The monoisotopic (exact) mass is 372 g/mol. The Morgan fingerprint density at radius 2 is 1.25 bits per heavy atom. The number of rotatable bonds is 0. The van der Waals surface area contributed by atoms with Gasteiger partial charge in [0.2, 0.25) is 0 Å². The maximum absolute atomic E-state index is 6.59. The van der Waals surface area contributed by atoms with Crippen LogP contribution in [0.2, 0.25) is 0 Å². The lowest BCUT2D eigenvalue weighted by Gasteiger charge is -2.37. The molecule has 0 unspecified atom stereocenters. The molecule has 0 aliphatic carbocycles. The molecule has 3 aromatic rings. The number of fused-ring (bicyclic) bond motifs is 5. The van der Waals surface area contributed by atoms with Crippen LogP contribution >= 0.6 is 0 Å². The first-order valence-electron chi connectivity index (χ1n) is 10.3. The van der Waals surface area contributed by atoms with E-state index in [4.69, 9.17) is 4.74 Å². The summed E-state index contributed by atoms with van der Waals surface area (Å²) in [5, 5.41) is 2.58. The van der Waals surface area contributed by atoms with Gasteiger partial charge in [-0.25, -0.2) is 0 Å². The van der Waals surface area contributed by atoms with Gasteiger partial charge in [0.1, 0.15) is 11.4 Å². The number of benzene rings is 3. The van der Waals surface area contributed by atoms with Crippen molar-refractivity contribution < 1.29 is 4.74 Å². The van der Waals surface area contributed by atoms with Crippen LogP contribution in [0.25, 0.3) is 21.9 Å². The van der Waals surface area contributed by atoms with Crippen molar-refractivity contribution in [2.75, 3.05) is 0 Å². The third-order valence-corrected chi connectivity index (χ3v) is 5.99. The molecule has 1 aliphatic heterocycles. The highest BCUT2D eigenvalue weighted by Crippen LogP contribution is 2.49. The van der Waals surface area contributed by atoms with E-state index in [-0.39, 0.29) is 16.4 Å². The molecule has 0 N–H and O–H groups in total. The van der Waals surface area contributed by atoms with Crippen LogP contribution in [0, 0.1) is 0 Å². The Morgan fingerprint density at radius 1 is 0.679 bits per heavy atom. The molecule has 0 fully saturated rings. The molecule has 0 saturated heterocycles. The highest BCUT2D eigenvalue weighted by atomic mass is 16.5. The predicted octanol–water partition coefficient (Wildman–Crippen LogP) is 7.73. The maximum Gasteiger partial charge on any atom is 0.130 e. The van der Waals surface area contributed by atoms with Crippen LogP contribution in [-0.4, -0.2) is 0 Å². The van der Waals surface area contributed by atoms with E-state index >= 15 is 0 Å². The zero-order chi connectivity index (χ0) is 20.5.